The maximum atomic E-state index is 12.9. The number of likely N-dealkylation sites (tertiary alicyclic amines) is 1. The molecule has 25 heavy (non-hydrogen) atoms. The fraction of sp³-hybridized carbons (Fsp3) is 0.412. The van der Waals surface area contributed by atoms with Crippen LogP contribution in [0.3, 0.4) is 0 Å². The van der Waals surface area contributed by atoms with Crippen LogP contribution in [0.15, 0.2) is 34.9 Å². The molecule has 1 amide bonds. The summed E-state index contributed by atoms with van der Waals surface area (Å²) in [5.41, 5.74) is 0.381. The lowest BCUT2D eigenvalue weighted by Crippen LogP contribution is -2.48. The summed E-state index contributed by atoms with van der Waals surface area (Å²) in [6, 6.07) is 8.80. The summed E-state index contributed by atoms with van der Waals surface area (Å²) in [5, 5.41) is 15.7. The van der Waals surface area contributed by atoms with Crippen molar-refractivity contribution < 1.29 is 28.6 Å². The molecule has 0 aliphatic carbocycles. The Balaban J connectivity index is 1.84. The number of ether oxygens (including phenoxy) is 1. The molecule has 0 saturated carbocycles. The zero-order chi connectivity index (χ0) is 17.8. The number of carbonyl (C=O) groups excluding carboxylic acids is 2. The van der Waals surface area contributed by atoms with Crippen LogP contribution in [0, 0.1) is 5.92 Å². The lowest BCUT2D eigenvalue weighted by molar-refractivity contribution is -0.672. The number of esters is 1. The SMILES string of the molecule is CCOC(=O)C1CCCN(C(=O)c2c([O-])on[n+]2-c2ccccc2)C1. The molecule has 0 spiro atoms. The number of hydrogen-bond acceptors (Lipinski definition) is 6. The summed E-state index contributed by atoms with van der Waals surface area (Å²) < 4.78 is 10.9. The molecule has 0 N–H and O–H groups in total. The Morgan fingerprint density at radius 2 is 2.16 bits per heavy atom. The molecule has 1 aromatic carbocycles. The van der Waals surface area contributed by atoms with E-state index in [0.717, 1.165) is 0 Å². The van der Waals surface area contributed by atoms with E-state index in [0.29, 0.717) is 31.7 Å². The minimum atomic E-state index is -0.799. The second-order valence-electron chi connectivity index (χ2n) is 5.80. The van der Waals surface area contributed by atoms with E-state index >= 15 is 0 Å². The van der Waals surface area contributed by atoms with E-state index in [1.165, 1.54) is 9.58 Å². The normalized spacial score (nSPS) is 17.3. The third-order valence-corrected chi connectivity index (χ3v) is 4.14. The van der Waals surface area contributed by atoms with Crippen molar-refractivity contribution in [3.63, 3.8) is 0 Å². The molecule has 1 atom stereocenters. The third-order valence-electron chi connectivity index (χ3n) is 4.14. The lowest BCUT2D eigenvalue weighted by atomic mass is 9.98. The Hall–Kier alpha value is -2.90. The third kappa shape index (κ3) is 3.47. The first-order valence-electron chi connectivity index (χ1n) is 8.22. The predicted octanol–water partition coefficient (Wildman–Crippen LogP) is 0.440. The average Bonchev–Trinajstić information content (AvgIpc) is 3.03. The van der Waals surface area contributed by atoms with Crippen LogP contribution in [0.2, 0.25) is 0 Å². The molecule has 1 unspecified atom stereocenters. The number of piperidine rings is 1. The van der Waals surface area contributed by atoms with Gasteiger partial charge in [0.05, 0.1) is 17.8 Å². The van der Waals surface area contributed by atoms with Gasteiger partial charge in [-0.1, -0.05) is 18.2 Å². The van der Waals surface area contributed by atoms with Gasteiger partial charge in [0, 0.05) is 25.2 Å². The lowest BCUT2D eigenvalue weighted by Gasteiger charge is -2.30. The number of aromatic nitrogens is 2. The Labute approximate surface area is 144 Å². The average molecular weight is 345 g/mol. The minimum Gasteiger partial charge on any atom is -0.538 e. The van der Waals surface area contributed by atoms with Gasteiger partial charge in [-0.15, -0.1) is 0 Å². The molecule has 1 aliphatic rings. The van der Waals surface area contributed by atoms with Crippen LogP contribution in [0.25, 0.3) is 5.69 Å². The highest BCUT2D eigenvalue weighted by Gasteiger charge is 2.36. The van der Waals surface area contributed by atoms with Gasteiger partial charge < -0.3 is 19.3 Å². The molecule has 1 fully saturated rings. The largest absolute Gasteiger partial charge is 0.538 e. The number of amides is 1. The van der Waals surface area contributed by atoms with Crippen LogP contribution < -0.4 is 9.79 Å². The highest BCUT2D eigenvalue weighted by Crippen LogP contribution is 2.21. The van der Waals surface area contributed by atoms with Crippen molar-refractivity contribution in [1.29, 1.82) is 0 Å². The Morgan fingerprint density at radius 3 is 2.88 bits per heavy atom. The monoisotopic (exact) mass is 345 g/mol. The number of carbonyl (C=O) groups is 2. The van der Waals surface area contributed by atoms with E-state index in [1.807, 2.05) is 6.07 Å². The predicted molar refractivity (Wildman–Crippen MR) is 82.7 cm³/mol. The van der Waals surface area contributed by atoms with Crippen LogP contribution in [-0.4, -0.2) is 41.7 Å². The van der Waals surface area contributed by atoms with Gasteiger partial charge in [0.2, 0.25) is 5.69 Å². The first-order valence-corrected chi connectivity index (χ1v) is 8.22. The first kappa shape index (κ1) is 16.9. The number of nitrogens with zero attached hydrogens (tertiary/aromatic N) is 3. The van der Waals surface area contributed by atoms with Crippen molar-refractivity contribution in [2.45, 2.75) is 19.8 Å². The Kier molecular flexibility index (Phi) is 4.97. The van der Waals surface area contributed by atoms with Gasteiger partial charge >= 0.3 is 17.6 Å². The molecule has 1 aliphatic heterocycles. The molecule has 1 aromatic heterocycles. The van der Waals surface area contributed by atoms with Gasteiger partial charge in [-0.3, -0.25) is 9.59 Å². The molecule has 2 heterocycles. The molecule has 3 rings (SSSR count). The molecule has 132 valence electrons. The summed E-state index contributed by atoms with van der Waals surface area (Å²) in [5.74, 6) is -1.99. The van der Waals surface area contributed by atoms with Crippen LogP contribution in [0.4, 0.5) is 0 Å². The summed E-state index contributed by atoms with van der Waals surface area (Å²) in [7, 11) is 0. The van der Waals surface area contributed by atoms with Crippen molar-refractivity contribution in [3.8, 4) is 11.6 Å². The Bertz CT molecular complexity index is 759. The second kappa shape index (κ2) is 7.33. The topological polar surface area (TPSA) is 99.6 Å². The molecular formula is C17H19N3O5. The highest BCUT2D eigenvalue weighted by molar-refractivity contribution is 5.93. The van der Waals surface area contributed by atoms with Gasteiger partial charge in [-0.25, -0.2) is 0 Å². The molecule has 1 saturated heterocycles. The maximum Gasteiger partial charge on any atom is 0.327 e. The standard InChI is InChI=1S/C17H19N3O5/c1-2-24-16(22)12-7-6-10-19(11-12)15(21)14-17(23)25-18-20(14)13-8-4-3-5-9-13/h3-5,8-9,12H,2,6-7,10-11H2,1H3. The Morgan fingerprint density at radius 1 is 1.40 bits per heavy atom. The van der Waals surface area contributed by atoms with E-state index in [1.54, 1.807) is 31.2 Å². The molecule has 0 bridgehead atoms. The molecule has 8 nitrogen and oxygen atoms in total. The molecule has 8 heteroatoms. The molecule has 2 aromatic rings. The number of hydrogen-bond donors (Lipinski definition) is 0. The van der Waals surface area contributed by atoms with Crippen LogP contribution in [0.5, 0.6) is 5.95 Å². The van der Waals surface area contributed by atoms with E-state index in [4.69, 9.17) is 9.26 Å². The minimum absolute atomic E-state index is 0.171. The van der Waals surface area contributed by atoms with Gasteiger partial charge in [0.1, 0.15) is 0 Å². The van der Waals surface area contributed by atoms with Crippen LogP contribution in [-0.2, 0) is 9.53 Å². The van der Waals surface area contributed by atoms with Gasteiger partial charge in [-0.2, -0.15) is 0 Å². The highest BCUT2D eigenvalue weighted by atomic mass is 16.6. The van der Waals surface area contributed by atoms with Crippen molar-refractivity contribution in [3.05, 3.63) is 36.0 Å². The smallest absolute Gasteiger partial charge is 0.327 e. The number of para-hydroxylation sites is 1. The van der Waals surface area contributed by atoms with Crippen molar-refractivity contribution >= 4 is 11.9 Å². The quantitative estimate of drug-likeness (QED) is 0.589. The van der Waals surface area contributed by atoms with Gasteiger partial charge in [0.15, 0.2) is 5.95 Å². The van der Waals surface area contributed by atoms with E-state index in [2.05, 4.69) is 5.27 Å². The second-order valence-corrected chi connectivity index (χ2v) is 5.80. The molecule has 0 radical (unpaired) electrons. The van der Waals surface area contributed by atoms with Crippen molar-refractivity contribution in [2.75, 3.05) is 19.7 Å². The summed E-state index contributed by atoms with van der Waals surface area (Å²) in [6.07, 6.45) is 1.33. The van der Waals surface area contributed by atoms with E-state index in [-0.39, 0.29) is 24.1 Å². The zero-order valence-electron chi connectivity index (χ0n) is 13.9. The summed E-state index contributed by atoms with van der Waals surface area (Å²) >= 11 is 0. The van der Waals surface area contributed by atoms with Gasteiger partial charge in [-0.05, 0) is 24.4 Å². The summed E-state index contributed by atoms with van der Waals surface area (Å²) in [6.45, 7) is 2.73. The van der Waals surface area contributed by atoms with Gasteiger partial charge in [0.25, 0.3) is 0 Å². The van der Waals surface area contributed by atoms with E-state index in [9.17, 15) is 14.7 Å². The number of benzene rings is 1. The van der Waals surface area contributed by atoms with Crippen molar-refractivity contribution in [1.82, 2.24) is 10.2 Å². The van der Waals surface area contributed by atoms with E-state index < -0.39 is 11.9 Å². The van der Waals surface area contributed by atoms with Crippen molar-refractivity contribution in [2.24, 2.45) is 5.92 Å². The molecular weight excluding hydrogens is 326 g/mol. The number of rotatable bonds is 4. The maximum absolute atomic E-state index is 12.9. The summed E-state index contributed by atoms with van der Waals surface area (Å²) in [4.78, 5) is 26.3. The van der Waals surface area contributed by atoms with Crippen LogP contribution in [0.1, 0.15) is 30.3 Å². The zero-order valence-corrected chi connectivity index (χ0v) is 13.9. The van der Waals surface area contributed by atoms with Crippen LogP contribution >= 0.6 is 0 Å². The fourth-order valence-corrected chi connectivity index (χ4v) is 2.94. The fourth-order valence-electron chi connectivity index (χ4n) is 2.94. The first-order chi connectivity index (χ1) is 12.1.